The van der Waals surface area contributed by atoms with Crippen LogP contribution in [0.3, 0.4) is 0 Å². The Kier molecular flexibility index (Phi) is 6.11. The average molecular weight is 395 g/mol. The molecule has 0 unspecified atom stereocenters. The van der Waals surface area contributed by atoms with Crippen LogP contribution < -0.4 is 16.4 Å². The summed E-state index contributed by atoms with van der Waals surface area (Å²) >= 11 is 0. The number of piperidine rings is 1. The van der Waals surface area contributed by atoms with E-state index in [0.29, 0.717) is 12.5 Å². The molecule has 1 aromatic carbocycles. The van der Waals surface area contributed by atoms with Crippen LogP contribution in [-0.4, -0.2) is 41.2 Å². The SMILES string of the molecule is CNc1cccc([C@H]2CC[C@H](C)CN2C(=O)C(=O)Nc2cncc(C(N)=O)c2)c1. The minimum absolute atomic E-state index is 0.156. The molecule has 0 spiro atoms. The number of nitrogens with two attached hydrogens (primary N) is 1. The predicted octanol–water partition coefficient (Wildman–Crippen LogP) is 2.16. The number of primary amides is 1. The summed E-state index contributed by atoms with van der Waals surface area (Å²) in [6.45, 7) is 2.57. The predicted molar refractivity (Wildman–Crippen MR) is 110 cm³/mol. The zero-order valence-electron chi connectivity index (χ0n) is 16.5. The summed E-state index contributed by atoms with van der Waals surface area (Å²) in [7, 11) is 1.84. The molecule has 1 fully saturated rings. The van der Waals surface area contributed by atoms with Crippen LogP contribution in [0.5, 0.6) is 0 Å². The molecule has 0 aliphatic carbocycles. The molecule has 2 heterocycles. The van der Waals surface area contributed by atoms with Crippen molar-refractivity contribution in [1.29, 1.82) is 0 Å². The molecule has 0 saturated carbocycles. The third-order valence-electron chi connectivity index (χ3n) is 5.11. The highest BCUT2D eigenvalue weighted by Crippen LogP contribution is 2.34. The first-order valence-corrected chi connectivity index (χ1v) is 9.53. The number of benzene rings is 1. The lowest BCUT2D eigenvalue weighted by Crippen LogP contribution is -2.46. The summed E-state index contributed by atoms with van der Waals surface area (Å²) in [5.41, 5.74) is 7.58. The van der Waals surface area contributed by atoms with E-state index in [-0.39, 0.29) is 17.3 Å². The van der Waals surface area contributed by atoms with E-state index in [1.807, 2.05) is 31.3 Å². The van der Waals surface area contributed by atoms with Crippen LogP contribution in [0.1, 0.15) is 41.7 Å². The lowest BCUT2D eigenvalue weighted by molar-refractivity contribution is -0.146. The first kappa shape index (κ1) is 20.3. The molecular weight excluding hydrogens is 370 g/mol. The van der Waals surface area contributed by atoms with Crippen LogP contribution >= 0.6 is 0 Å². The van der Waals surface area contributed by atoms with Gasteiger partial charge in [0.1, 0.15) is 0 Å². The number of hydrogen-bond acceptors (Lipinski definition) is 5. The molecule has 29 heavy (non-hydrogen) atoms. The van der Waals surface area contributed by atoms with Gasteiger partial charge in [-0.2, -0.15) is 0 Å². The maximum Gasteiger partial charge on any atom is 0.313 e. The number of aromatic nitrogens is 1. The van der Waals surface area contributed by atoms with E-state index in [9.17, 15) is 14.4 Å². The van der Waals surface area contributed by atoms with Crippen molar-refractivity contribution in [3.05, 3.63) is 53.9 Å². The topological polar surface area (TPSA) is 117 Å². The van der Waals surface area contributed by atoms with Crippen LogP contribution in [0.25, 0.3) is 0 Å². The minimum Gasteiger partial charge on any atom is -0.388 e. The first-order valence-electron chi connectivity index (χ1n) is 9.53. The van der Waals surface area contributed by atoms with Crippen molar-refractivity contribution >= 4 is 29.1 Å². The van der Waals surface area contributed by atoms with Gasteiger partial charge in [-0.15, -0.1) is 0 Å². The van der Waals surface area contributed by atoms with Gasteiger partial charge in [-0.05, 0) is 42.5 Å². The van der Waals surface area contributed by atoms with Gasteiger partial charge in [0.2, 0.25) is 5.91 Å². The van der Waals surface area contributed by atoms with E-state index in [0.717, 1.165) is 24.1 Å². The summed E-state index contributed by atoms with van der Waals surface area (Å²) in [4.78, 5) is 42.4. The number of likely N-dealkylation sites (tertiary alicyclic amines) is 1. The molecule has 2 aromatic rings. The van der Waals surface area contributed by atoms with E-state index < -0.39 is 17.7 Å². The fraction of sp³-hybridized carbons (Fsp3) is 0.333. The van der Waals surface area contributed by atoms with Crippen molar-refractivity contribution in [1.82, 2.24) is 9.88 Å². The van der Waals surface area contributed by atoms with E-state index in [4.69, 9.17) is 5.73 Å². The summed E-state index contributed by atoms with van der Waals surface area (Å²) in [6, 6.07) is 9.08. The summed E-state index contributed by atoms with van der Waals surface area (Å²) < 4.78 is 0. The van der Waals surface area contributed by atoms with Gasteiger partial charge in [0, 0.05) is 25.5 Å². The summed E-state index contributed by atoms with van der Waals surface area (Å²) in [5, 5.41) is 5.63. The Hall–Kier alpha value is -3.42. The Labute approximate surface area is 169 Å². The van der Waals surface area contributed by atoms with Gasteiger partial charge in [0.15, 0.2) is 0 Å². The zero-order valence-corrected chi connectivity index (χ0v) is 16.5. The van der Waals surface area contributed by atoms with Gasteiger partial charge < -0.3 is 21.3 Å². The van der Waals surface area contributed by atoms with Gasteiger partial charge >= 0.3 is 11.8 Å². The molecule has 1 aliphatic heterocycles. The van der Waals surface area contributed by atoms with Crippen molar-refractivity contribution in [3.8, 4) is 0 Å². The number of nitrogens with zero attached hydrogens (tertiary/aromatic N) is 2. The van der Waals surface area contributed by atoms with Crippen molar-refractivity contribution in [3.63, 3.8) is 0 Å². The number of amides is 3. The summed E-state index contributed by atoms with van der Waals surface area (Å²) in [5.74, 6) is -1.73. The van der Waals surface area contributed by atoms with Crippen LogP contribution in [0.4, 0.5) is 11.4 Å². The van der Waals surface area contributed by atoms with E-state index >= 15 is 0 Å². The zero-order chi connectivity index (χ0) is 21.0. The molecule has 8 nitrogen and oxygen atoms in total. The molecule has 3 rings (SSSR count). The number of carbonyl (C=O) groups is 3. The third-order valence-corrected chi connectivity index (χ3v) is 5.11. The molecular formula is C21H25N5O3. The van der Waals surface area contributed by atoms with Crippen LogP contribution in [0.2, 0.25) is 0 Å². The van der Waals surface area contributed by atoms with Gasteiger partial charge in [0.05, 0.1) is 23.5 Å². The largest absolute Gasteiger partial charge is 0.388 e. The fourth-order valence-electron chi connectivity index (χ4n) is 3.58. The lowest BCUT2D eigenvalue weighted by Gasteiger charge is -2.38. The average Bonchev–Trinajstić information content (AvgIpc) is 2.73. The quantitative estimate of drug-likeness (QED) is 0.686. The molecule has 1 saturated heterocycles. The number of rotatable bonds is 4. The number of carbonyl (C=O) groups excluding carboxylic acids is 3. The Bertz CT molecular complexity index is 930. The van der Waals surface area contributed by atoms with Crippen molar-refractivity contribution in [2.75, 3.05) is 24.2 Å². The first-order chi connectivity index (χ1) is 13.9. The molecule has 1 aromatic heterocycles. The molecule has 2 atom stereocenters. The second kappa shape index (κ2) is 8.72. The highest BCUT2D eigenvalue weighted by Gasteiger charge is 2.34. The van der Waals surface area contributed by atoms with Gasteiger partial charge in [-0.25, -0.2) is 0 Å². The molecule has 152 valence electrons. The normalized spacial score (nSPS) is 18.8. The summed E-state index contributed by atoms with van der Waals surface area (Å²) in [6.07, 6.45) is 4.43. The maximum absolute atomic E-state index is 13.0. The number of nitrogens with one attached hydrogen (secondary N) is 2. The monoisotopic (exact) mass is 395 g/mol. The Balaban J connectivity index is 1.81. The molecule has 4 N–H and O–H groups in total. The molecule has 1 aliphatic rings. The van der Waals surface area contributed by atoms with Crippen molar-refractivity contribution in [2.45, 2.75) is 25.8 Å². The Morgan fingerprint density at radius 1 is 1.14 bits per heavy atom. The second-order valence-corrected chi connectivity index (χ2v) is 7.31. The Morgan fingerprint density at radius 3 is 2.66 bits per heavy atom. The molecule has 0 bridgehead atoms. The van der Waals surface area contributed by atoms with Crippen LogP contribution in [-0.2, 0) is 9.59 Å². The lowest BCUT2D eigenvalue weighted by atomic mass is 9.89. The number of anilines is 2. The molecule has 8 heteroatoms. The minimum atomic E-state index is -0.766. The maximum atomic E-state index is 13.0. The van der Waals surface area contributed by atoms with Crippen molar-refractivity contribution in [2.24, 2.45) is 11.7 Å². The van der Waals surface area contributed by atoms with E-state index in [1.54, 1.807) is 4.90 Å². The highest BCUT2D eigenvalue weighted by molar-refractivity contribution is 6.39. The van der Waals surface area contributed by atoms with Gasteiger partial charge in [-0.1, -0.05) is 19.1 Å². The fourth-order valence-corrected chi connectivity index (χ4v) is 3.58. The second-order valence-electron chi connectivity index (χ2n) is 7.31. The number of pyridine rings is 1. The van der Waals surface area contributed by atoms with E-state index in [1.165, 1.54) is 18.5 Å². The van der Waals surface area contributed by atoms with Gasteiger partial charge in [0.25, 0.3) is 0 Å². The standard InChI is InChI=1S/C21H25N5O3/c1-13-6-7-18(14-4-3-5-16(8-14)23-2)26(12-13)21(29)20(28)25-17-9-15(19(22)27)10-24-11-17/h3-5,8-11,13,18,23H,6-7,12H2,1-2H3,(H2,22,27)(H,25,28)/t13-,18+/m0/s1. The van der Waals surface area contributed by atoms with Crippen molar-refractivity contribution < 1.29 is 14.4 Å². The molecule has 0 radical (unpaired) electrons. The third kappa shape index (κ3) is 4.71. The van der Waals surface area contributed by atoms with Gasteiger partial charge in [-0.3, -0.25) is 19.4 Å². The van der Waals surface area contributed by atoms with E-state index in [2.05, 4.69) is 22.5 Å². The molecule has 3 amide bonds. The smallest absolute Gasteiger partial charge is 0.313 e. The van der Waals surface area contributed by atoms with Crippen LogP contribution in [0, 0.1) is 5.92 Å². The Morgan fingerprint density at radius 2 is 1.93 bits per heavy atom. The number of hydrogen-bond donors (Lipinski definition) is 3. The highest BCUT2D eigenvalue weighted by atomic mass is 16.2. The van der Waals surface area contributed by atoms with Crippen LogP contribution in [0.15, 0.2) is 42.7 Å².